The van der Waals surface area contributed by atoms with Gasteiger partial charge in [-0.15, -0.1) is 0 Å². The first kappa shape index (κ1) is 22.5. The van der Waals surface area contributed by atoms with Gasteiger partial charge in [0.25, 0.3) is 5.91 Å². The van der Waals surface area contributed by atoms with E-state index in [1.54, 1.807) is 12.1 Å². The number of hydrogen-bond donors (Lipinski definition) is 2. The van der Waals surface area contributed by atoms with Crippen molar-refractivity contribution in [1.29, 1.82) is 0 Å². The number of ether oxygens (including phenoxy) is 1. The Kier molecular flexibility index (Phi) is 7.91. The van der Waals surface area contributed by atoms with Crippen LogP contribution >= 0.6 is 0 Å². The van der Waals surface area contributed by atoms with E-state index >= 15 is 0 Å². The summed E-state index contributed by atoms with van der Waals surface area (Å²) in [5.41, 5.74) is 1.99. The highest BCUT2D eigenvalue weighted by atomic mass is 16.5. The van der Waals surface area contributed by atoms with E-state index in [2.05, 4.69) is 41.0 Å². The molecule has 3 atom stereocenters. The van der Waals surface area contributed by atoms with Gasteiger partial charge in [0, 0.05) is 30.6 Å². The lowest BCUT2D eigenvalue weighted by Gasteiger charge is -2.30. The lowest BCUT2D eigenvalue weighted by Crippen LogP contribution is -2.51. The number of rotatable bonds is 10. The Hall–Kier alpha value is -2.70. The third-order valence-corrected chi connectivity index (χ3v) is 6.31. The molecule has 2 aliphatic rings. The van der Waals surface area contributed by atoms with Crippen molar-refractivity contribution in [2.24, 2.45) is 0 Å². The highest BCUT2D eigenvalue weighted by molar-refractivity contribution is 5.97. The van der Waals surface area contributed by atoms with Crippen molar-refractivity contribution in [3.8, 4) is 0 Å². The van der Waals surface area contributed by atoms with Gasteiger partial charge >= 0.3 is 0 Å². The maximum atomic E-state index is 13.1. The number of morpholine rings is 1. The molecule has 2 aromatic carbocycles. The van der Waals surface area contributed by atoms with Crippen molar-refractivity contribution in [2.75, 3.05) is 32.8 Å². The smallest absolute Gasteiger partial charge is 0.251 e. The Labute approximate surface area is 190 Å². The average molecular weight is 436 g/mol. The Morgan fingerprint density at radius 3 is 2.38 bits per heavy atom. The molecule has 6 heteroatoms. The van der Waals surface area contributed by atoms with Crippen molar-refractivity contribution in [2.45, 2.75) is 43.7 Å². The molecule has 2 aromatic rings. The van der Waals surface area contributed by atoms with Crippen molar-refractivity contribution < 1.29 is 14.3 Å². The summed E-state index contributed by atoms with van der Waals surface area (Å²) in [6, 6.07) is 19.8. The summed E-state index contributed by atoms with van der Waals surface area (Å²) in [5.74, 6) is 0.424. The molecule has 170 valence electrons. The molecular formula is C26H33N3O3. The minimum Gasteiger partial charge on any atom is -0.378 e. The molecule has 0 unspecified atom stereocenters. The number of benzene rings is 2. The second kappa shape index (κ2) is 11.2. The molecule has 0 aromatic heterocycles. The number of carbonyl (C=O) groups is 2. The Bertz CT molecular complexity index is 868. The van der Waals surface area contributed by atoms with Crippen LogP contribution in [0.15, 0.2) is 60.7 Å². The molecule has 1 saturated carbocycles. The second-order valence-electron chi connectivity index (χ2n) is 8.64. The molecule has 1 aliphatic heterocycles. The van der Waals surface area contributed by atoms with Gasteiger partial charge in [-0.05, 0) is 49.9 Å². The fourth-order valence-electron chi connectivity index (χ4n) is 4.34. The van der Waals surface area contributed by atoms with Gasteiger partial charge in [-0.1, -0.05) is 48.5 Å². The molecule has 0 radical (unpaired) electrons. The van der Waals surface area contributed by atoms with Gasteiger partial charge in [-0.2, -0.15) is 0 Å². The monoisotopic (exact) mass is 435 g/mol. The molecule has 2 fully saturated rings. The first-order valence-corrected chi connectivity index (χ1v) is 11.7. The largest absolute Gasteiger partial charge is 0.378 e. The molecule has 1 aliphatic carbocycles. The summed E-state index contributed by atoms with van der Waals surface area (Å²) in [4.78, 5) is 27.6. The number of carbonyl (C=O) groups excluding carboxylic acids is 2. The molecule has 0 spiro atoms. The standard InChI is InChI=1S/C26H33N3O3/c30-25(21-11-5-2-6-12-21)28-23(26(31)29-15-17-32-18-16-29)13-7-8-14-27-24-19-22(24)20-9-3-1-4-10-20/h1-6,9-12,22-24,27H,7-8,13-19H2,(H,28,30)/t22-,23-,24+/m0/s1. The fourth-order valence-corrected chi connectivity index (χ4v) is 4.34. The summed E-state index contributed by atoms with van der Waals surface area (Å²) in [6.07, 6.45) is 3.69. The molecule has 6 nitrogen and oxygen atoms in total. The predicted octanol–water partition coefficient (Wildman–Crippen LogP) is 2.96. The number of unbranched alkanes of at least 4 members (excludes halogenated alkanes) is 1. The van der Waals surface area contributed by atoms with Crippen molar-refractivity contribution in [3.63, 3.8) is 0 Å². The lowest BCUT2D eigenvalue weighted by atomic mass is 10.1. The van der Waals surface area contributed by atoms with Crippen LogP contribution in [0.3, 0.4) is 0 Å². The Morgan fingerprint density at radius 2 is 1.66 bits per heavy atom. The van der Waals surface area contributed by atoms with Crippen LogP contribution in [0.1, 0.15) is 47.5 Å². The van der Waals surface area contributed by atoms with Crippen molar-refractivity contribution in [3.05, 3.63) is 71.8 Å². The third-order valence-electron chi connectivity index (χ3n) is 6.31. The number of nitrogens with zero attached hydrogens (tertiary/aromatic N) is 1. The van der Waals surface area contributed by atoms with Gasteiger partial charge in [-0.25, -0.2) is 0 Å². The average Bonchev–Trinajstić information content (AvgIpc) is 3.64. The first-order chi connectivity index (χ1) is 15.7. The van der Waals surface area contributed by atoms with E-state index in [0.717, 1.165) is 19.4 Å². The summed E-state index contributed by atoms with van der Waals surface area (Å²) in [7, 11) is 0. The molecule has 32 heavy (non-hydrogen) atoms. The number of hydrogen-bond acceptors (Lipinski definition) is 4. The zero-order chi connectivity index (χ0) is 22.2. The lowest BCUT2D eigenvalue weighted by molar-refractivity contribution is -0.137. The van der Waals surface area contributed by atoms with E-state index in [0.29, 0.717) is 50.2 Å². The molecule has 1 saturated heterocycles. The summed E-state index contributed by atoms with van der Waals surface area (Å²) < 4.78 is 5.37. The zero-order valence-electron chi connectivity index (χ0n) is 18.5. The van der Waals surface area contributed by atoms with Crippen LogP contribution in [-0.4, -0.2) is 61.6 Å². The van der Waals surface area contributed by atoms with Gasteiger partial charge in [0.1, 0.15) is 6.04 Å². The zero-order valence-corrected chi connectivity index (χ0v) is 18.5. The maximum absolute atomic E-state index is 13.1. The number of amides is 2. The van der Waals surface area contributed by atoms with E-state index in [9.17, 15) is 9.59 Å². The predicted molar refractivity (Wildman–Crippen MR) is 125 cm³/mol. The quantitative estimate of drug-likeness (QED) is 0.563. The van der Waals surface area contributed by atoms with Crippen LogP contribution in [0.4, 0.5) is 0 Å². The maximum Gasteiger partial charge on any atom is 0.251 e. The van der Waals surface area contributed by atoms with E-state index in [1.807, 2.05) is 23.1 Å². The minimum absolute atomic E-state index is 0.00289. The van der Waals surface area contributed by atoms with Crippen LogP contribution in [0.5, 0.6) is 0 Å². The van der Waals surface area contributed by atoms with Crippen molar-refractivity contribution >= 4 is 11.8 Å². The molecule has 2 amide bonds. The van der Waals surface area contributed by atoms with E-state index in [-0.39, 0.29) is 11.8 Å². The van der Waals surface area contributed by atoms with Crippen LogP contribution in [0, 0.1) is 0 Å². The van der Waals surface area contributed by atoms with E-state index in [1.165, 1.54) is 12.0 Å². The van der Waals surface area contributed by atoms with Crippen LogP contribution in [-0.2, 0) is 9.53 Å². The fraction of sp³-hybridized carbons (Fsp3) is 0.462. The molecular weight excluding hydrogens is 402 g/mol. The van der Waals surface area contributed by atoms with Crippen LogP contribution in [0.25, 0.3) is 0 Å². The Balaban J connectivity index is 1.24. The highest BCUT2D eigenvalue weighted by Gasteiger charge is 2.37. The minimum atomic E-state index is -0.501. The summed E-state index contributed by atoms with van der Waals surface area (Å²) >= 11 is 0. The molecule has 0 bridgehead atoms. The van der Waals surface area contributed by atoms with Gasteiger partial charge < -0.3 is 20.3 Å². The number of nitrogens with one attached hydrogen (secondary N) is 2. The van der Waals surface area contributed by atoms with Gasteiger partial charge in [0.2, 0.25) is 5.91 Å². The summed E-state index contributed by atoms with van der Waals surface area (Å²) in [5, 5.41) is 6.62. The van der Waals surface area contributed by atoms with E-state index < -0.39 is 6.04 Å². The van der Waals surface area contributed by atoms with Crippen LogP contribution < -0.4 is 10.6 Å². The SMILES string of the molecule is O=C(N[C@@H](CCCCN[C@@H]1C[C@H]1c1ccccc1)C(=O)N1CCOCC1)c1ccccc1. The molecule has 2 N–H and O–H groups in total. The molecule has 1 heterocycles. The Morgan fingerprint density at radius 1 is 0.969 bits per heavy atom. The second-order valence-corrected chi connectivity index (χ2v) is 8.64. The topological polar surface area (TPSA) is 70.7 Å². The normalized spacial score (nSPS) is 21.1. The van der Waals surface area contributed by atoms with Gasteiger partial charge in [0.15, 0.2) is 0 Å². The first-order valence-electron chi connectivity index (χ1n) is 11.7. The van der Waals surface area contributed by atoms with Crippen molar-refractivity contribution in [1.82, 2.24) is 15.5 Å². The van der Waals surface area contributed by atoms with E-state index in [4.69, 9.17) is 4.74 Å². The van der Waals surface area contributed by atoms with Crippen LogP contribution in [0.2, 0.25) is 0 Å². The van der Waals surface area contributed by atoms with Gasteiger partial charge in [0.05, 0.1) is 13.2 Å². The van der Waals surface area contributed by atoms with Gasteiger partial charge in [-0.3, -0.25) is 9.59 Å². The third kappa shape index (κ3) is 6.17. The highest BCUT2D eigenvalue weighted by Crippen LogP contribution is 2.40. The summed E-state index contributed by atoms with van der Waals surface area (Å²) in [6.45, 7) is 3.21. The molecule has 4 rings (SSSR count).